The van der Waals surface area contributed by atoms with Crippen molar-refractivity contribution in [2.45, 2.75) is 40.8 Å². The van der Waals surface area contributed by atoms with Crippen LogP contribution in [0.5, 0.6) is 0 Å². The minimum Gasteiger partial charge on any atom is -0.384 e. The number of nitrogen functional groups attached to an aromatic ring is 1. The van der Waals surface area contributed by atoms with E-state index in [0.717, 1.165) is 18.5 Å². The van der Waals surface area contributed by atoms with E-state index in [9.17, 15) is 12.6 Å². The Hall–Kier alpha value is -2.61. The third-order valence-corrected chi connectivity index (χ3v) is 9.79. The molecule has 2 atom stereocenters. The highest BCUT2D eigenvalue weighted by Crippen LogP contribution is 2.35. The van der Waals surface area contributed by atoms with Crippen LogP contribution in [0, 0.1) is 16.6 Å². The molecule has 1 aromatic heterocycles. The van der Waals surface area contributed by atoms with Crippen LogP contribution in [0.4, 0.5) is 11.5 Å². The number of nitrogens with two attached hydrogens (primary N) is 1. The molecule has 3 N–H and O–H groups in total. The van der Waals surface area contributed by atoms with Gasteiger partial charge in [0.1, 0.15) is 16.8 Å². The molecule has 2 fully saturated rings. The van der Waals surface area contributed by atoms with Gasteiger partial charge in [-0.1, -0.05) is 5.92 Å². The van der Waals surface area contributed by atoms with E-state index in [1.165, 1.54) is 22.6 Å². The summed E-state index contributed by atoms with van der Waals surface area (Å²) in [5.41, 5.74) is 6.44. The van der Waals surface area contributed by atoms with Gasteiger partial charge in [0.25, 0.3) is 0 Å². The smallest absolute Gasteiger partial charge is 0.244 e. The van der Waals surface area contributed by atoms with Crippen molar-refractivity contribution in [3.8, 4) is 11.8 Å². The fraction of sp³-hybridized carbons (Fsp3) is 0.381. The van der Waals surface area contributed by atoms with E-state index < -0.39 is 19.8 Å². The summed E-state index contributed by atoms with van der Waals surface area (Å²) in [6, 6.07) is 9.81. The van der Waals surface area contributed by atoms with Gasteiger partial charge in [-0.05, 0) is 56.2 Å². The second-order valence-electron chi connectivity index (χ2n) is 7.68. The van der Waals surface area contributed by atoms with Crippen molar-refractivity contribution >= 4 is 31.3 Å². The summed E-state index contributed by atoms with van der Waals surface area (Å²) in [5, 5.41) is -0.0337. The number of pyridine rings is 1. The third-order valence-electron chi connectivity index (χ3n) is 5.56. The first-order chi connectivity index (χ1) is 14.7. The number of nitrogens with zero attached hydrogens (tertiary/aromatic N) is 3. The van der Waals surface area contributed by atoms with E-state index >= 15 is 0 Å². The van der Waals surface area contributed by atoms with Gasteiger partial charge in [-0.2, -0.15) is 4.31 Å². The lowest BCUT2D eigenvalue weighted by Crippen LogP contribution is -2.54. The Morgan fingerprint density at radius 1 is 1.06 bits per heavy atom. The normalized spacial score (nSPS) is 21.7. The van der Waals surface area contributed by atoms with Crippen LogP contribution >= 0.6 is 0 Å². The Kier molecular flexibility index (Phi) is 5.68. The van der Waals surface area contributed by atoms with Crippen LogP contribution in [0.2, 0.25) is 0 Å². The summed E-state index contributed by atoms with van der Waals surface area (Å²) >= 11 is 0. The minimum atomic E-state index is -3.71. The van der Waals surface area contributed by atoms with Gasteiger partial charge in [-0.15, -0.1) is 5.92 Å². The highest BCUT2D eigenvalue weighted by molar-refractivity contribution is 7.93. The fourth-order valence-corrected chi connectivity index (χ4v) is 6.81. The second kappa shape index (κ2) is 8.15. The van der Waals surface area contributed by atoms with Crippen LogP contribution in [0.15, 0.2) is 52.4 Å². The zero-order chi connectivity index (χ0) is 22.2. The molecule has 1 aliphatic heterocycles. The maximum atomic E-state index is 13.0. The largest absolute Gasteiger partial charge is 0.384 e. The predicted molar refractivity (Wildman–Crippen MR) is 121 cm³/mol. The number of rotatable bonds is 5. The van der Waals surface area contributed by atoms with Crippen LogP contribution in [0.3, 0.4) is 0 Å². The molecule has 8 nitrogen and oxygen atoms in total. The summed E-state index contributed by atoms with van der Waals surface area (Å²) in [5.74, 6) is 6.27. The van der Waals surface area contributed by atoms with Crippen molar-refractivity contribution < 1.29 is 12.6 Å². The van der Waals surface area contributed by atoms with Crippen LogP contribution in [0.25, 0.3) is 0 Å². The first kappa shape index (κ1) is 21.6. The third kappa shape index (κ3) is 4.26. The summed E-state index contributed by atoms with van der Waals surface area (Å²) in [4.78, 5) is 6.60. The predicted octanol–water partition coefficient (Wildman–Crippen LogP) is 2.13. The van der Waals surface area contributed by atoms with Gasteiger partial charge in [0.2, 0.25) is 10.0 Å². The number of sulfonamides is 1. The summed E-state index contributed by atoms with van der Waals surface area (Å²) in [6.45, 7) is 2.70. The molecule has 1 aliphatic carbocycles. The highest BCUT2D eigenvalue weighted by atomic mass is 32.2. The Balaban J connectivity index is 1.56. The zero-order valence-corrected chi connectivity index (χ0v) is 18.8. The molecular formula is C21H25N5O3S2. The molecule has 1 aromatic carbocycles. The van der Waals surface area contributed by atoms with Crippen LogP contribution in [0.1, 0.15) is 19.8 Å². The first-order valence-corrected chi connectivity index (χ1v) is 13.1. The number of anilines is 2. The molecule has 0 spiro atoms. The maximum Gasteiger partial charge on any atom is 0.244 e. The molecule has 31 heavy (non-hydrogen) atoms. The lowest BCUT2D eigenvalue weighted by Gasteiger charge is -2.39. The van der Waals surface area contributed by atoms with Crippen molar-refractivity contribution in [2.24, 2.45) is 0 Å². The molecule has 0 amide bonds. The molecule has 1 saturated carbocycles. The minimum absolute atomic E-state index is 0.0337. The quantitative estimate of drug-likeness (QED) is 0.661. The van der Waals surface area contributed by atoms with Gasteiger partial charge in [0.15, 0.2) is 0 Å². The van der Waals surface area contributed by atoms with Crippen molar-refractivity contribution in [1.29, 1.82) is 4.78 Å². The molecule has 0 radical (unpaired) electrons. The fourth-order valence-electron chi connectivity index (χ4n) is 3.70. The number of hydrogen-bond acceptors (Lipinski definition) is 7. The topological polar surface area (TPSA) is 120 Å². The number of benzene rings is 1. The Morgan fingerprint density at radius 3 is 2.32 bits per heavy atom. The van der Waals surface area contributed by atoms with E-state index in [-0.39, 0.29) is 28.5 Å². The number of aromatic nitrogens is 1. The van der Waals surface area contributed by atoms with Gasteiger partial charge in [-0.3, -0.25) is 0 Å². The number of nitrogens with one attached hydrogen (secondary N) is 1. The van der Waals surface area contributed by atoms with Gasteiger partial charge in [0, 0.05) is 41.7 Å². The molecule has 1 unspecified atom stereocenters. The zero-order valence-electron chi connectivity index (χ0n) is 17.2. The van der Waals surface area contributed by atoms with Crippen molar-refractivity contribution in [1.82, 2.24) is 9.29 Å². The first-order valence-electron chi connectivity index (χ1n) is 10.0. The summed E-state index contributed by atoms with van der Waals surface area (Å²) in [7, 11) is -6.45. The number of hydrogen-bond donors (Lipinski definition) is 2. The maximum absolute atomic E-state index is 13.0. The monoisotopic (exact) mass is 459 g/mol. The molecule has 164 valence electrons. The van der Waals surface area contributed by atoms with Crippen LogP contribution < -0.4 is 10.6 Å². The summed E-state index contributed by atoms with van der Waals surface area (Å²) in [6.07, 6.45) is 2.96. The molecule has 2 heterocycles. The molecule has 10 heteroatoms. The molecule has 2 aromatic rings. The Labute approximate surface area is 183 Å². The molecule has 2 aliphatic rings. The molecule has 4 rings (SSSR count). The highest BCUT2D eigenvalue weighted by Gasteiger charge is 2.35. The van der Waals surface area contributed by atoms with Crippen molar-refractivity contribution in [2.75, 3.05) is 30.3 Å². The second-order valence-corrected chi connectivity index (χ2v) is 12.0. The standard InChI is InChI=1S/C21H25N5O3S2/c1-2-3-17-15-25(31(28,29)20-10-11-21(22)24-14-20)12-13-26(17)16-4-6-18(7-5-16)30(23,27)19-8-9-19/h4-7,10-11,14,17,19,23H,8-9,12-13,15H2,1H3,(H2,22,24)/t17-,30?/m0/s1. The van der Waals surface area contributed by atoms with Gasteiger partial charge >= 0.3 is 0 Å². The molecule has 0 bridgehead atoms. The lowest BCUT2D eigenvalue weighted by atomic mass is 10.1. The van der Waals surface area contributed by atoms with E-state index in [4.69, 9.17) is 10.5 Å². The Bertz CT molecular complexity index is 1230. The average Bonchev–Trinajstić information content (AvgIpc) is 3.60. The van der Waals surface area contributed by atoms with Crippen LogP contribution in [-0.2, 0) is 19.8 Å². The van der Waals surface area contributed by atoms with Crippen molar-refractivity contribution in [3.63, 3.8) is 0 Å². The van der Waals surface area contributed by atoms with E-state index in [2.05, 4.69) is 21.7 Å². The van der Waals surface area contributed by atoms with E-state index in [1.807, 2.05) is 12.1 Å². The number of piperazine rings is 1. The van der Waals surface area contributed by atoms with Crippen LogP contribution in [-0.4, -0.2) is 52.8 Å². The average molecular weight is 460 g/mol. The van der Waals surface area contributed by atoms with Gasteiger partial charge in [0.05, 0.1) is 9.73 Å². The van der Waals surface area contributed by atoms with Crippen molar-refractivity contribution in [3.05, 3.63) is 42.6 Å². The van der Waals surface area contributed by atoms with E-state index in [1.54, 1.807) is 19.1 Å². The van der Waals surface area contributed by atoms with Gasteiger partial charge < -0.3 is 10.6 Å². The molecular weight excluding hydrogens is 434 g/mol. The van der Waals surface area contributed by atoms with E-state index in [0.29, 0.717) is 18.0 Å². The lowest BCUT2D eigenvalue weighted by molar-refractivity contribution is 0.360. The Morgan fingerprint density at radius 2 is 1.74 bits per heavy atom. The van der Waals surface area contributed by atoms with Gasteiger partial charge in [-0.25, -0.2) is 22.4 Å². The molecule has 1 saturated heterocycles. The SMILES string of the molecule is CC#C[C@H]1CN(S(=O)(=O)c2ccc(N)nc2)CCN1c1ccc(S(=N)(=O)C2CC2)cc1. The summed E-state index contributed by atoms with van der Waals surface area (Å²) < 4.78 is 48.4.